The maximum atomic E-state index is 13.6. The van der Waals surface area contributed by atoms with Gasteiger partial charge in [0, 0.05) is 26.2 Å². The molecule has 2 aromatic rings. The van der Waals surface area contributed by atoms with Gasteiger partial charge in [-0.2, -0.15) is 4.31 Å². The Kier molecular flexibility index (Phi) is 11.1. The summed E-state index contributed by atoms with van der Waals surface area (Å²) in [5.74, 6) is -1.24. The van der Waals surface area contributed by atoms with Gasteiger partial charge in [-0.15, -0.1) is 0 Å². The summed E-state index contributed by atoms with van der Waals surface area (Å²) in [6.45, 7) is 8.11. The lowest BCUT2D eigenvalue weighted by atomic mass is 9.92. The lowest BCUT2D eigenvalue weighted by Crippen LogP contribution is -2.54. The molecule has 1 aliphatic heterocycles. The summed E-state index contributed by atoms with van der Waals surface area (Å²) in [5.41, 5.74) is 4.38. The van der Waals surface area contributed by atoms with Crippen LogP contribution in [0.4, 0.5) is 0 Å². The van der Waals surface area contributed by atoms with Crippen molar-refractivity contribution in [1.82, 2.24) is 14.7 Å². The van der Waals surface area contributed by atoms with Gasteiger partial charge in [0.25, 0.3) is 5.91 Å². The number of aliphatic hydroxyl groups is 1. The van der Waals surface area contributed by atoms with E-state index in [-0.39, 0.29) is 37.5 Å². The molecular weight excluding hydrogens is 550 g/mol. The lowest BCUT2D eigenvalue weighted by molar-refractivity contribution is -0.151. The van der Waals surface area contributed by atoms with Gasteiger partial charge in [0.05, 0.1) is 24.5 Å². The smallest absolute Gasteiger partial charge is 0.272 e. The molecule has 41 heavy (non-hydrogen) atoms. The van der Waals surface area contributed by atoms with E-state index in [1.54, 1.807) is 27.0 Å². The van der Waals surface area contributed by atoms with Crippen molar-refractivity contribution in [1.29, 1.82) is 0 Å². The largest absolute Gasteiger partial charge is 0.496 e. The number of methoxy groups -OCH3 is 1. The van der Waals surface area contributed by atoms with Gasteiger partial charge in [0.1, 0.15) is 17.6 Å². The summed E-state index contributed by atoms with van der Waals surface area (Å²) < 4.78 is 39.4. The summed E-state index contributed by atoms with van der Waals surface area (Å²) >= 11 is 0. The molecule has 0 radical (unpaired) electrons. The Bertz CT molecular complexity index is 1320. The van der Waals surface area contributed by atoms with Crippen molar-refractivity contribution < 1.29 is 37.8 Å². The minimum Gasteiger partial charge on any atom is -0.496 e. The van der Waals surface area contributed by atoms with Crippen molar-refractivity contribution in [2.75, 3.05) is 39.9 Å². The molecule has 0 bridgehead atoms. The molecule has 12 heteroatoms. The second-order valence-corrected chi connectivity index (χ2v) is 12.1. The quantitative estimate of drug-likeness (QED) is 0.252. The molecule has 2 atom stereocenters. The van der Waals surface area contributed by atoms with E-state index < -0.39 is 33.9 Å². The number of hydrogen-bond acceptors (Lipinski definition) is 8. The standard InChI is InChI=1S/C29H41N3O8S/c1-6-40-23-12-10-22(11-13-23)8-7-9-24(26(33)28(34)30-36)29(35)31-14-16-32(17-15-31)41(37,38)27-19(2)18-25(39-5)20(3)21(27)4/h10-13,18,24,26,33,36H,6-9,14-17H2,1-5H3,(H,30,34)/t24?,26-/m0/s1. The number of sulfonamides is 1. The van der Waals surface area contributed by atoms with Crippen molar-refractivity contribution in [2.45, 2.75) is 58.0 Å². The minimum atomic E-state index is -3.84. The molecule has 3 N–H and O–H groups in total. The van der Waals surface area contributed by atoms with Crippen LogP contribution in [0, 0.1) is 26.7 Å². The fraction of sp³-hybridized carbons (Fsp3) is 0.517. The normalized spacial score (nSPS) is 15.7. The Hall–Kier alpha value is -3.19. The van der Waals surface area contributed by atoms with Crippen LogP contribution in [-0.2, 0) is 26.0 Å². The maximum Gasteiger partial charge on any atom is 0.272 e. The highest BCUT2D eigenvalue weighted by molar-refractivity contribution is 7.89. The molecule has 1 unspecified atom stereocenters. The maximum absolute atomic E-state index is 13.6. The van der Waals surface area contributed by atoms with Crippen LogP contribution in [-0.4, -0.2) is 85.8 Å². The Morgan fingerprint density at radius 3 is 2.24 bits per heavy atom. The highest BCUT2D eigenvalue weighted by Gasteiger charge is 2.38. The first-order chi connectivity index (χ1) is 19.5. The monoisotopic (exact) mass is 591 g/mol. The van der Waals surface area contributed by atoms with Crippen LogP contribution in [0.25, 0.3) is 0 Å². The average Bonchev–Trinajstić information content (AvgIpc) is 2.97. The fourth-order valence-electron chi connectivity index (χ4n) is 5.25. The summed E-state index contributed by atoms with van der Waals surface area (Å²) in [6.07, 6.45) is -0.440. The summed E-state index contributed by atoms with van der Waals surface area (Å²) in [7, 11) is -2.30. The summed E-state index contributed by atoms with van der Waals surface area (Å²) in [5, 5.41) is 19.6. The van der Waals surface area contributed by atoms with Gasteiger partial charge in [-0.05, 0) is 87.4 Å². The molecule has 3 rings (SSSR count). The van der Waals surface area contributed by atoms with Crippen LogP contribution in [0.2, 0.25) is 0 Å². The molecule has 0 saturated carbocycles. The predicted octanol–water partition coefficient (Wildman–Crippen LogP) is 2.36. The molecule has 1 heterocycles. The number of nitrogens with zero attached hydrogens (tertiary/aromatic N) is 2. The number of hydrogen-bond donors (Lipinski definition) is 3. The number of ether oxygens (including phenoxy) is 2. The van der Waals surface area contributed by atoms with E-state index in [1.165, 1.54) is 14.7 Å². The SMILES string of the molecule is CCOc1ccc(CCCC(C(=O)N2CCN(S(=O)(=O)c3c(C)cc(OC)c(C)c3C)CC2)[C@H](O)C(=O)NO)cc1. The molecule has 0 aromatic heterocycles. The Labute approximate surface area is 242 Å². The third-order valence-electron chi connectivity index (χ3n) is 7.64. The van der Waals surface area contributed by atoms with E-state index >= 15 is 0 Å². The molecule has 226 valence electrons. The van der Waals surface area contributed by atoms with E-state index in [9.17, 15) is 23.1 Å². The first-order valence-electron chi connectivity index (χ1n) is 13.7. The summed E-state index contributed by atoms with van der Waals surface area (Å²) in [6, 6.07) is 9.28. The van der Waals surface area contributed by atoms with E-state index in [0.29, 0.717) is 36.3 Å². The minimum absolute atomic E-state index is 0.0687. The number of aliphatic hydroxyl groups excluding tert-OH is 1. The van der Waals surface area contributed by atoms with Crippen LogP contribution >= 0.6 is 0 Å². The van der Waals surface area contributed by atoms with Gasteiger partial charge >= 0.3 is 0 Å². The Morgan fingerprint density at radius 2 is 1.68 bits per heavy atom. The highest BCUT2D eigenvalue weighted by atomic mass is 32.2. The molecular formula is C29H41N3O8S. The molecule has 1 fully saturated rings. The molecule has 11 nitrogen and oxygen atoms in total. The van der Waals surface area contributed by atoms with E-state index in [1.807, 2.05) is 38.1 Å². The van der Waals surface area contributed by atoms with E-state index in [2.05, 4.69) is 0 Å². The van der Waals surface area contributed by atoms with Gasteiger partial charge in [-0.25, -0.2) is 13.9 Å². The van der Waals surface area contributed by atoms with Crippen LogP contribution in [0.15, 0.2) is 35.2 Å². The summed E-state index contributed by atoms with van der Waals surface area (Å²) in [4.78, 5) is 27.2. The fourth-order valence-corrected chi connectivity index (χ4v) is 7.16. The lowest BCUT2D eigenvalue weighted by Gasteiger charge is -2.37. The van der Waals surface area contributed by atoms with Gasteiger partial charge in [0.2, 0.25) is 15.9 Å². The number of hydroxylamine groups is 1. The number of nitrogens with one attached hydrogen (secondary N) is 1. The molecule has 0 aliphatic carbocycles. The number of rotatable bonds is 12. The van der Waals surface area contributed by atoms with Crippen LogP contribution in [0.5, 0.6) is 11.5 Å². The van der Waals surface area contributed by atoms with Crippen molar-refractivity contribution in [2.24, 2.45) is 5.92 Å². The number of carbonyl (C=O) groups is 2. The van der Waals surface area contributed by atoms with Crippen molar-refractivity contribution in [3.8, 4) is 11.5 Å². The number of benzene rings is 2. The van der Waals surface area contributed by atoms with Crippen LogP contribution in [0.1, 0.15) is 42.0 Å². The van der Waals surface area contributed by atoms with Crippen LogP contribution in [0.3, 0.4) is 0 Å². The van der Waals surface area contributed by atoms with Gasteiger partial charge < -0.3 is 19.5 Å². The Balaban J connectivity index is 1.69. The topological polar surface area (TPSA) is 146 Å². The van der Waals surface area contributed by atoms with Gasteiger partial charge in [-0.1, -0.05) is 12.1 Å². The molecule has 2 aromatic carbocycles. The first kappa shape index (κ1) is 32.3. The number of carbonyl (C=O) groups excluding carboxylic acids is 2. The second kappa shape index (κ2) is 14.1. The van der Waals surface area contributed by atoms with Crippen molar-refractivity contribution >= 4 is 21.8 Å². The average molecular weight is 592 g/mol. The zero-order valence-electron chi connectivity index (χ0n) is 24.3. The third-order valence-corrected chi connectivity index (χ3v) is 9.83. The predicted molar refractivity (Wildman–Crippen MR) is 153 cm³/mol. The Morgan fingerprint density at radius 1 is 1.05 bits per heavy atom. The molecule has 1 saturated heterocycles. The van der Waals surface area contributed by atoms with E-state index in [4.69, 9.17) is 14.7 Å². The first-order valence-corrected chi connectivity index (χ1v) is 15.2. The highest BCUT2D eigenvalue weighted by Crippen LogP contribution is 2.33. The zero-order valence-corrected chi connectivity index (χ0v) is 25.2. The van der Waals surface area contributed by atoms with Crippen molar-refractivity contribution in [3.05, 3.63) is 52.6 Å². The third kappa shape index (κ3) is 7.37. The number of aryl methyl sites for hydroxylation is 2. The number of amides is 2. The molecule has 2 amide bonds. The molecule has 0 spiro atoms. The van der Waals surface area contributed by atoms with Crippen LogP contribution < -0.4 is 15.0 Å². The van der Waals surface area contributed by atoms with Gasteiger partial charge in [0.15, 0.2) is 0 Å². The van der Waals surface area contributed by atoms with E-state index in [0.717, 1.165) is 16.9 Å². The van der Waals surface area contributed by atoms with Crippen molar-refractivity contribution in [3.63, 3.8) is 0 Å². The second-order valence-electron chi connectivity index (χ2n) is 10.2. The van der Waals surface area contributed by atoms with Gasteiger partial charge in [-0.3, -0.25) is 14.8 Å². The number of piperazine rings is 1. The zero-order chi connectivity index (χ0) is 30.3. The molecule has 1 aliphatic rings.